The molecule has 0 amide bonds. The van der Waals surface area contributed by atoms with E-state index < -0.39 is 15.8 Å². The lowest BCUT2D eigenvalue weighted by molar-refractivity contribution is -0.173. The van der Waals surface area contributed by atoms with Gasteiger partial charge in [0.2, 0.25) is 15.8 Å². The van der Waals surface area contributed by atoms with Crippen molar-refractivity contribution < 1.29 is 28.2 Å². The second-order valence-corrected chi connectivity index (χ2v) is 11.5. The number of carbonyl (C=O) groups excluding carboxylic acids is 1. The zero-order valence-corrected chi connectivity index (χ0v) is 26.1. The van der Waals surface area contributed by atoms with Crippen molar-refractivity contribution in [1.29, 1.82) is 0 Å². The number of likely N-dealkylation sites (tertiary alicyclic amines) is 1. The molecule has 1 aromatic heterocycles. The fourth-order valence-electron chi connectivity index (χ4n) is 4.59. The van der Waals surface area contributed by atoms with Crippen LogP contribution in [0.4, 0.5) is 5.69 Å². The first kappa shape index (κ1) is 34.4. The van der Waals surface area contributed by atoms with E-state index in [-0.39, 0.29) is 34.2 Å². The molecule has 41 heavy (non-hydrogen) atoms. The molecular formula is C28H46N6O6S. The summed E-state index contributed by atoms with van der Waals surface area (Å²) in [5, 5.41) is 28.2. The first-order valence-electron chi connectivity index (χ1n) is 14.2. The fraction of sp³-hybridized carbons (Fsp3) is 0.607. The van der Waals surface area contributed by atoms with Crippen molar-refractivity contribution in [3.63, 3.8) is 0 Å². The summed E-state index contributed by atoms with van der Waals surface area (Å²) >= 11 is 0. The van der Waals surface area contributed by atoms with Crippen molar-refractivity contribution in [1.82, 2.24) is 19.4 Å². The Morgan fingerprint density at radius 3 is 2.54 bits per heavy atom. The number of nitrogens with zero attached hydrogens (tertiary/aromatic N) is 4. The molecule has 0 aliphatic carbocycles. The number of rotatable bonds is 13. The number of sulfonamides is 1. The molecule has 1 unspecified atom stereocenters. The summed E-state index contributed by atoms with van der Waals surface area (Å²) in [6.45, 7) is 9.22. The highest BCUT2D eigenvalue weighted by atomic mass is 32.2. The van der Waals surface area contributed by atoms with Gasteiger partial charge in [-0.25, -0.2) is 13.1 Å². The Hall–Kier alpha value is -2.84. The number of anilines is 1. The van der Waals surface area contributed by atoms with Gasteiger partial charge in [-0.2, -0.15) is 5.10 Å². The first-order chi connectivity index (χ1) is 19.5. The molecule has 2 aromatic rings. The number of ether oxygens (including phenoxy) is 1. The molecule has 0 bridgehead atoms. The highest BCUT2D eigenvalue weighted by molar-refractivity contribution is 7.89. The third kappa shape index (κ3) is 8.35. The molecule has 2 heterocycles. The van der Waals surface area contributed by atoms with Crippen molar-refractivity contribution in [3.05, 3.63) is 35.2 Å². The number of aryl methyl sites for hydroxylation is 1. The monoisotopic (exact) mass is 594 g/mol. The molecule has 3 rings (SSSR count). The number of aromatic nitrogens is 2. The minimum Gasteiger partial charge on any atom is -0.493 e. The van der Waals surface area contributed by atoms with E-state index in [0.717, 1.165) is 25.8 Å². The van der Waals surface area contributed by atoms with E-state index in [2.05, 4.69) is 25.0 Å². The van der Waals surface area contributed by atoms with Crippen LogP contribution in [0.1, 0.15) is 81.5 Å². The summed E-state index contributed by atoms with van der Waals surface area (Å²) in [5.74, 6) is -1.77. The Labute approximate surface area is 243 Å². The summed E-state index contributed by atoms with van der Waals surface area (Å²) < 4.78 is 36.2. The molecule has 0 saturated carbocycles. The standard InChI is InChI=1S/C26H40N6O6S.C2H6/c1-6-15-38-22-11-10-19(39(36,37)28-13-12-18-9-8-14-31(18)4)16-20(22)25(27-3)29-23-21(17-33)32(5)30-24(23)26(34,35)7-2;1-2/h10-11,16-18,28,34-35H,6-9,12-15H2,1-5H3,(H,27,29);1-2H3. The maximum absolute atomic E-state index is 13.2. The third-order valence-corrected chi connectivity index (χ3v) is 8.42. The Balaban J connectivity index is 0.00000287. The number of aliphatic imine (C=N–C) groups is 1. The number of nitrogens with one attached hydrogen (secondary N) is 2. The van der Waals surface area contributed by atoms with E-state index in [1.54, 1.807) is 13.0 Å². The maximum atomic E-state index is 13.2. The zero-order chi connectivity index (χ0) is 30.8. The molecule has 1 aromatic carbocycles. The highest BCUT2D eigenvalue weighted by Gasteiger charge is 2.34. The lowest BCUT2D eigenvalue weighted by Gasteiger charge is -2.21. The average Bonchev–Trinajstić information content (AvgIpc) is 3.52. The average molecular weight is 595 g/mol. The van der Waals surface area contributed by atoms with Gasteiger partial charge < -0.3 is 25.2 Å². The van der Waals surface area contributed by atoms with Gasteiger partial charge in [0.05, 0.1) is 22.8 Å². The van der Waals surface area contributed by atoms with Crippen LogP contribution in [0, 0.1) is 0 Å². The number of aliphatic hydroxyl groups is 2. The molecule has 4 N–H and O–H groups in total. The minimum absolute atomic E-state index is 0.0262. The smallest absolute Gasteiger partial charge is 0.240 e. The van der Waals surface area contributed by atoms with Gasteiger partial charge in [0.25, 0.3) is 0 Å². The van der Waals surface area contributed by atoms with E-state index in [0.29, 0.717) is 43.2 Å². The van der Waals surface area contributed by atoms with Crippen LogP contribution in [0.2, 0.25) is 0 Å². The van der Waals surface area contributed by atoms with Crippen LogP contribution in [0.15, 0.2) is 28.1 Å². The second kappa shape index (κ2) is 15.4. The van der Waals surface area contributed by atoms with Crippen molar-refractivity contribution in [2.24, 2.45) is 12.0 Å². The van der Waals surface area contributed by atoms with E-state index >= 15 is 0 Å². The highest BCUT2D eigenvalue weighted by Crippen LogP contribution is 2.32. The SMILES string of the molecule is CC.CCCOc1ccc(S(=O)(=O)NCCC2CCCN2C)cc1C(=NC)Nc1c(C(O)(O)CC)nn(C)c1C=O. The van der Waals surface area contributed by atoms with Gasteiger partial charge in [-0.3, -0.25) is 14.5 Å². The third-order valence-electron chi connectivity index (χ3n) is 6.96. The predicted molar refractivity (Wildman–Crippen MR) is 160 cm³/mol. The van der Waals surface area contributed by atoms with Crippen LogP contribution < -0.4 is 14.8 Å². The summed E-state index contributed by atoms with van der Waals surface area (Å²) in [7, 11) is 1.20. The maximum Gasteiger partial charge on any atom is 0.240 e. The van der Waals surface area contributed by atoms with Crippen LogP contribution in [0.5, 0.6) is 5.75 Å². The van der Waals surface area contributed by atoms with Crippen LogP contribution in [0.25, 0.3) is 0 Å². The van der Waals surface area contributed by atoms with Gasteiger partial charge in [0.1, 0.15) is 23.0 Å². The first-order valence-corrected chi connectivity index (χ1v) is 15.7. The summed E-state index contributed by atoms with van der Waals surface area (Å²) in [5.41, 5.74) is 0.280. The van der Waals surface area contributed by atoms with Crippen molar-refractivity contribution in [3.8, 4) is 5.75 Å². The van der Waals surface area contributed by atoms with Crippen molar-refractivity contribution in [2.75, 3.05) is 39.1 Å². The molecule has 1 fully saturated rings. The number of aldehydes is 1. The Morgan fingerprint density at radius 1 is 1.27 bits per heavy atom. The molecule has 0 radical (unpaired) electrons. The van der Waals surface area contributed by atoms with Crippen molar-refractivity contribution in [2.45, 2.75) is 76.5 Å². The molecule has 12 nitrogen and oxygen atoms in total. The fourth-order valence-corrected chi connectivity index (χ4v) is 5.67. The summed E-state index contributed by atoms with van der Waals surface area (Å²) in [4.78, 5) is 18.4. The van der Waals surface area contributed by atoms with E-state index in [9.17, 15) is 23.4 Å². The lowest BCUT2D eigenvalue weighted by atomic mass is 10.1. The predicted octanol–water partition coefficient (Wildman–Crippen LogP) is 2.85. The molecule has 1 atom stereocenters. The Bertz CT molecular complexity index is 1290. The van der Waals surface area contributed by atoms with Crippen LogP contribution in [0.3, 0.4) is 0 Å². The zero-order valence-electron chi connectivity index (χ0n) is 25.3. The quantitative estimate of drug-likeness (QED) is 0.118. The van der Waals surface area contributed by atoms with Crippen LogP contribution in [-0.4, -0.2) is 85.3 Å². The van der Waals surface area contributed by atoms with Gasteiger partial charge in [0.15, 0.2) is 6.29 Å². The van der Waals surface area contributed by atoms with Crippen LogP contribution >= 0.6 is 0 Å². The van der Waals surface area contributed by atoms with E-state index in [1.807, 2.05) is 27.8 Å². The molecule has 0 spiro atoms. The topological polar surface area (TPSA) is 158 Å². The molecule has 13 heteroatoms. The van der Waals surface area contributed by atoms with Gasteiger partial charge in [-0.1, -0.05) is 27.7 Å². The number of benzene rings is 1. The second-order valence-electron chi connectivity index (χ2n) is 9.69. The van der Waals surface area contributed by atoms with E-state index in [4.69, 9.17) is 4.74 Å². The molecule has 230 valence electrons. The number of carbonyl (C=O) groups is 1. The summed E-state index contributed by atoms with van der Waals surface area (Å²) in [6, 6.07) is 4.84. The van der Waals surface area contributed by atoms with Crippen molar-refractivity contribution >= 4 is 27.8 Å². The molecule has 1 saturated heterocycles. The molecule has 1 aliphatic heterocycles. The largest absolute Gasteiger partial charge is 0.493 e. The van der Waals surface area contributed by atoms with Gasteiger partial charge in [-0.15, -0.1) is 0 Å². The van der Waals surface area contributed by atoms with Gasteiger partial charge >= 0.3 is 0 Å². The Kier molecular flexibility index (Phi) is 12.9. The molecular weight excluding hydrogens is 548 g/mol. The molecule has 1 aliphatic rings. The Morgan fingerprint density at radius 2 is 1.98 bits per heavy atom. The van der Waals surface area contributed by atoms with E-state index in [1.165, 1.54) is 30.9 Å². The van der Waals surface area contributed by atoms with Crippen LogP contribution in [-0.2, 0) is 22.9 Å². The normalized spacial score (nSPS) is 16.3. The summed E-state index contributed by atoms with van der Waals surface area (Å²) in [6.07, 6.45) is 4.05. The number of amidine groups is 1. The van der Waals surface area contributed by atoms with Gasteiger partial charge in [-0.05, 0) is 57.5 Å². The number of hydrogen-bond acceptors (Lipinski definition) is 9. The number of hydrogen-bond donors (Lipinski definition) is 4. The van der Waals surface area contributed by atoms with Gasteiger partial charge in [0, 0.05) is 33.1 Å². The lowest BCUT2D eigenvalue weighted by Crippen LogP contribution is -2.32. The minimum atomic E-state index is -3.85.